The molecule has 0 aromatic heterocycles. The summed E-state index contributed by atoms with van der Waals surface area (Å²) in [6.07, 6.45) is 0.534. The van der Waals surface area contributed by atoms with Gasteiger partial charge >= 0.3 is 0 Å². The normalized spacial score (nSPS) is 11.4. The molecule has 2 aromatic carbocycles. The maximum Gasteiger partial charge on any atom is 0.127 e. The number of hydrogen-bond donors (Lipinski definition) is 2. The Morgan fingerprint density at radius 3 is 2.33 bits per heavy atom. The van der Waals surface area contributed by atoms with Crippen molar-refractivity contribution < 1.29 is 14.6 Å². The number of benzene rings is 2. The predicted octanol–water partition coefficient (Wildman–Crippen LogP) is 3.29. The van der Waals surface area contributed by atoms with Gasteiger partial charge in [-0.3, -0.25) is 0 Å². The topological polar surface area (TPSA) is 64.7 Å². The van der Waals surface area contributed by atoms with E-state index in [0.29, 0.717) is 6.42 Å². The van der Waals surface area contributed by atoms with Gasteiger partial charge in [0.05, 0.1) is 7.11 Å². The molecule has 0 fully saturated rings. The van der Waals surface area contributed by atoms with Crippen LogP contribution in [-0.4, -0.2) is 18.8 Å². The molecule has 1 unspecified atom stereocenters. The zero-order valence-electron chi connectivity index (χ0n) is 11.9. The first kappa shape index (κ1) is 17.3. The second-order valence-electron chi connectivity index (χ2n) is 4.47. The summed E-state index contributed by atoms with van der Waals surface area (Å²) in [5.41, 5.74) is 6.92. The van der Waals surface area contributed by atoms with Crippen LogP contribution in [0.3, 0.4) is 0 Å². The van der Waals surface area contributed by atoms with Crippen LogP contribution < -0.4 is 15.2 Å². The summed E-state index contributed by atoms with van der Waals surface area (Å²) in [6, 6.07) is 14.8. The molecule has 1 atom stereocenters. The molecule has 0 saturated heterocycles. The van der Waals surface area contributed by atoms with Crippen LogP contribution >= 0.6 is 12.4 Å². The van der Waals surface area contributed by atoms with Gasteiger partial charge in [0.2, 0.25) is 0 Å². The fraction of sp³-hybridized carbons (Fsp3) is 0.250. The zero-order valence-corrected chi connectivity index (χ0v) is 12.7. The molecule has 4 nitrogen and oxygen atoms in total. The van der Waals surface area contributed by atoms with E-state index in [0.717, 1.165) is 22.8 Å². The number of ether oxygens (including phenoxy) is 2. The van der Waals surface area contributed by atoms with E-state index in [4.69, 9.17) is 20.3 Å². The highest BCUT2D eigenvalue weighted by Crippen LogP contribution is 2.26. The van der Waals surface area contributed by atoms with Crippen molar-refractivity contribution in [1.29, 1.82) is 0 Å². The fourth-order valence-corrected chi connectivity index (χ4v) is 1.89. The Morgan fingerprint density at radius 1 is 1.05 bits per heavy atom. The van der Waals surface area contributed by atoms with Crippen LogP contribution in [0, 0.1) is 0 Å². The second kappa shape index (κ2) is 8.52. The maximum absolute atomic E-state index is 8.93. The summed E-state index contributed by atoms with van der Waals surface area (Å²) in [5.74, 6) is 2.25. The minimum absolute atomic E-state index is 0. The molecular weight excluding hydrogens is 290 g/mol. The van der Waals surface area contributed by atoms with Gasteiger partial charge in [0, 0.05) is 12.6 Å². The summed E-state index contributed by atoms with van der Waals surface area (Å²) in [5, 5.41) is 8.93. The molecule has 0 aliphatic heterocycles. The summed E-state index contributed by atoms with van der Waals surface area (Å²) in [6.45, 7) is 0.0741. The predicted molar refractivity (Wildman–Crippen MR) is 85.4 cm³/mol. The highest BCUT2D eigenvalue weighted by molar-refractivity contribution is 5.85. The average molecular weight is 310 g/mol. The lowest BCUT2D eigenvalue weighted by molar-refractivity contribution is 0.276. The van der Waals surface area contributed by atoms with E-state index in [9.17, 15) is 0 Å². The van der Waals surface area contributed by atoms with E-state index in [-0.39, 0.29) is 25.1 Å². The van der Waals surface area contributed by atoms with Gasteiger partial charge in [0.25, 0.3) is 0 Å². The Balaban J connectivity index is 0.00000220. The minimum Gasteiger partial charge on any atom is -0.497 e. The Kier molecular flexibility index (Phi) is 7.02. The van der Waals surface area contributed by atoms with Crippen LogP contribution in [0.5, 0.6) is 17.2 Å². The van der Waals surface area contributed by atoms with Crippen LogP contribution in [0.15, 0.2) is 48.5 Å². The summed E-state index contributed by atoms with van der Waals surface area (Å²) < 4.78 is 10.9. The molecule has 3 N–H and O–H groups in total. The van der Waals surface area contributed by atoms with Gasteiger partial charge in [0.15, 0.2) is 0 Å². The first-order valence-electron chi connectivity index (χ1n) is 6.51. The van der Waals surface area contributed by atoms with Crippen molar-refractivity contribution in [3.05, 3.63) is 54.1 Å². The van der Waals surface area contributed by atoms with E-state index in [1.165, 1.54) is 0 Å². The average Bonchev–Trinajstić information content (AvgIpc) is 2.48. The molecule has 0 spiro atoms. The van der Waals surface area contributed by atoms with Crippen LogP contribution in [0.25, 0.3) is 0 Å². The van der Waals surface area contributed by atoms with Gasteiger partial charge in [-0.15, -0.1) is 12.4 Å². The molecule has 0 amide bonds. The van der Waals surface area contributed by atoms with E-state index in [1.54, 1.807) is 7.11 Å². The molecular formula is C16H20ClNO3. The fourth-order valence-electron chi connectivity index (χ4n) is 1.89. The Morgan fingerprint density at radius 2 is 1.71 bits per heavy atom. The molecule has 21 heavy (non-hydrogen) atoms. The van der Waals surface area contributed by atoms with E-state index in [1.807, 2.05) is 48.5 Å². The first-order valence-corrected chi connectivity index (χ1v) is 6.51. The number of hydrogen-bond acceptors (Lipinski definition) is 4. The van der Waals surface area contributed by atoms with Gasteiger partial charge in [-0.1, -0.05) is 12.1 Å². The first-order chi connectivity index (χ1) is 9.72. The molecule has 2 rings (SSSR count). The summed E-state index contributed by atoms with van der Waals surface area (Å²) in [7, 11) is 1.63. The van der Waals surface area contributed by atoms with Crippen molar-refractivity contribution in [2.45, 2.75) is 12.5 Å². The van der Waals surface area contributed by atoms with E-state index in [2.05, 4.69) is 0 Å². The Bertz CT molecular complexity index is 545. The summed E-state index contributed by atoms with van der Waals surface area (Å²) >= 11 is 0. The lowest BCUT2D eigenvalue weighted by atomic mass is 10.1. The zero-order chi connectivity index (χ0) is 14.4. The number of halogens is 1. The lowest BCUT2D eigenvalue weighted by Gasteiger charge is -2.12. The monoisotopic (exact) mass is 309 g/mol. The van der Waals surface area contributed by atoms with Gasteiger partial charge in [-0.2, -0.15) is 0 Å². The second-order valence-corrected chi connectivity index (χ2v) is 4.47. The molecule has 114 valence electrons. The number of nitrogens with two attached hydrogens (primary N) is 1. The summed E-state index contributed by atoms with van der Waals surface area (Å²) in [4.78, 5) is 0. The van der Waals surface area contributed by atoms with Gasteiger partial charge in [0.1, 0.15) is 17.2 Å². The molecule has 0 radical (unpaired) electrons. The third-order valence-corrected chi connectivity index (χ3v) is 3.02. The number of aliphatic hydroxyl groups is 1. The number of aliphatic hydroxyl groups excluding tert-OH is 1. The molecule has 0 heterocycles. The quantitative estimate of drug-likeness (QED) is 0.859. The smallest absolute Gasteiger partial charge is 0.127 e. The molecule has 0 aliphatic carbocycles. The lowest BCUT2D eigenvalue weighted by Crippen LogP contribution is -2.11. The highest BCUT2D eigenvalue weighted by Gasteiger charge is 2.06. The third-order valence-electron chi connectivity index (χ3n) is 3.02. The standard InChI is InChI=1S/C16H19NO3.ClH/c1-19-13-5-7-14(8-6-13)20-15-4-2-3-12(11-15)16(17)9-10-18;/h2-8,11,16,18H,9-10,17H2,1H3;1H. The van der Waals surface area contributed by atoms with Crippen molar-refractivity contribution in [3.8, 4) is 17.2 Å². The van der Waals surface area contributed by atoms with Crippen LogP contribution in [0.4, 0.5) is 0 Å². The number of rotatable bonds is 6. The van der Waals surface area contributed by atoms with Gasteiger partial charge in [-0.05, 0) is 48.4 Å². The van der Waals surface area contributed by atoms with Crippen molar-refractivity contribution in [3.63, 3.8) is 0 Å². The molecule has 5 heteroatoms. The van der Waals surface area contributed by atoms with Crippen molar-refractivity contribution in [2.75, 3.05) is 13.7 Å². The van der Waals surface area contributed by atoms with Gasteiger partial charge < -0.3 is 20.3 Å². The van der Waals surface area contributed by atoms with Crippen molar-refractivity contribution in [1.82, 2.24) is 0 Å². The minimum atomic E-state index is -0.181. The van der Waals surface area contributed by atoms with Crippen molar-refractivity contribution in [2.24, 2.45) is 5.73 Å². The van der Waals surface area contributed by atoms with E-state index < -0.39 is 0 Å². The molecule has 0 bridgehead atoms. The van der Waals surface area contributed by atoms with Crippen LogP contribution in [0.2, 0.25) is 0 Å². The van der Waals surface area contributed by atoms with E-state index >= 15 is 0 Å². The van der Waals surface area contributed by atoms with Gasteiger partial charge in [-0.25, -0.2) is 0 Å². The molecule has 2 aromatic rings. The maximum atomic E-state index is 8.93. The Hall–Kier alpha value is -1.75. The third kappa shape index (κ3) is 4.93. The van der Waals surface area contributed by atoms with Crippen LogP contribution in [0.1, 0.15) is 18.0 Å². The molecule has 0 aliphatic rings. The molecule has 0 saturated carbocycles. The largest absolute Gasteiger partial charge is 0.497 e. The SMILES string of the molecule is COc1ccc(Oc2cccc(C(N)CCO)c2)cc1.Cl. The van der Waals surface area contributed by atoms with Crippen LogP contribution in [-0.2, 0) is 0 Å². The number of methoxy groups -OCH3 is 1. The van der Waals surface area contributed by atoms with Crippen molar-refractivity contribution >= 4 is 12.4 Å². The Labute approximate surface area is 130 Å². The highest BCUT2D eigenvalue weighted by atomic mass is 35.5.